The van der Waals surface area contributed by atoms with Crippen LogP contribution in [0.2, 0.25) is 0 Å². The van der Waals surface area contributed by atoms with E-state index >= 15 is 0 Å². The highest BCUT2D eigenvalue weighted by Gasteiger charge is 2.23. The fraction of sp³-hybridized carbons (Fsp3) is 0.286. The van der Waals surface area contributed by atoms with Crippen molar-refractivity contribution in [1.29, 1.82) is 0 Å². The maximum absolute atomic E-state index is 11.9. The summed E-state index contributed by atoms with van der Waals surface area (Å²) in [6.07, 6.45) is 3.75. The first-order valence-corrected chi connectivity index (χ1v) is 6.42. The lowest BCUT2D eigenvalue weighted by molar-refractivity contribution is 0.0601. The number of ether oxygens (including phenoxy) is 1. The van der Waals surface area contributed by atoms with Gasteiger partial charge in [0, 0.05) is 25.5 Å². The standard InChI is InChI=1S/C14H16N4O2/c1-20-14(19)10-3-2-4-11(15)13(10)18-8-7-17-6-5-16-12(17)9-18/h2-6H,7-9,15H2,1H3. The molecule has 6 nitrogen and oxygen atoms in total. The Bertz CT molecular complexity index is 650. The number of nitrogen functional groups attached to an aromatic ring is 1. The lowest BCUT2D eigenvalue weighted by atomic mass is 10.1. The second-order valence-electron chi connectivity index (χ2n) is 4.69. The Kier molecular flexibility index (Phi) is 3.06. The third-order valence-electron chi connectivity index (χ3n) is 3.53. The van der Waals surface area contributed by atoms with Gasteiger partial charge in [-0.2, -0.15) is 0 Å². The second-order valence-corrected chi connectivity index (χ2v) is 4.69. The normalized spacial score (nSPS) is 13.9. The molecule has 104 valence electrons. The van der Waals surface area contributed by atoms with E-state index in [-0.39, 0.29) is 5.97 Å². The van der Waals surface area contributed by atoms with Gasteiger partial charge in [-0.15, -0.1) is 0 Å². The zero-order valence-electron chi connectivity index (χ0n) is 11.2. The van der Waals surface area contributed by atoms with E-state index in [1.54, 1.807) is 24.4 Å². The fourth-order valence-electron chi connectivity index (χ4n) is 2.55. The van der Waals surface area contributed by atoms with Crippen LogP contribution < -0.4 is 10.6 Å². The molecular formula is C14H16N4O2. The Labute approximate surface area is 116 Å². The zero-order chi connectivity index (χ0) is 14.1. The quantitative estimate of drug-likeness (QED) is 0.658. The van der Waals surface area contributed by atoms with Crippen molar-refractivity contribution in [1.82, 2.24) is 9.55 Å². The molecule has 1 aromatic heterocycles. The van der Waals surface area contributed by atoms with E-state index in [1.165, 1.54) is 7.11 Å². The lowest BCUT2D eigenvalue weighted by Gasteiger charge is -2.31. The first-order valence-electron chi connectivity index (χ1n) is 6.42. The van der Waals surface area contributed by atoms with Gasteiger partial charge in [0.05, 0.1) is 30.6 Å². The van der Waals surface area contributed by atoms with E-state index in [0.717, 1.165) is 24.6 Å². The average Bonchev–Trinajstić information content (AvgIpc) is 2.93. The number of aromatic nitrogens is 2. The summed E-state index contributed by atoms with van der Waals surface area (Å²) in [7, 11) is 1.37. The highest BCUT2D eigenvalue weighted by Crippen LogP contribution is 2.31. The number of hydrogen-bond acceptors (Lipinski definition) is 5. The number of methoxy groups -OCH3 is 1. The number of carbonyl (C=O) groups excluding carboxylic acids is 1. The highest BCUT2D eigenvalue weighted by molar-refractivity contribution is 5.99. The second kappa shape index (κ2) is 4.88. The Morgan fingerprint density at radius 3 is 3.05 bits per heavy atom. The molecule has 1 aliphatic heterocycles. The van der Waals surface area contributed by atoms with Gasteiger partial charge in [0.15, 0.2) is 0 Å². The molecule has 0 amide bonds. The number of para-hydroxylation sites is 1. The van der Waals surface area contributed by atoms with Crippen molar-refractivity contribution in [3.8, 4) is 0 Å². The number of fused-ring (bicyclic) bond motifs is 1. The number of rotatable bonds is 2. The van der Waals surface area contributed by atoms with Crippen molar-refractivity contribution in [3.05, 3.63) is 42.0 Å². The number of imidazole rings is 1. The molecular weight excluding hydrogens is 256 g/mol. The van der Waals surface area contributed by atoms with Crippen LogP contribution in [-0.2, 0) is 17.8 Å². The van der Waals surface area contributed by atoms with Crippen LogP contribution in [0.3, 0.4) is 0 Å². The van der Waals surface area contributed by atoms with Crippen LogP contribution in [0.15, 0.2) is 30.6 Å². The number of esters is 1. The predicted octanol–water partition coefficient (Wildman–Crippen LogP) is 1.27. The molecule has 0 fully saturated rings. The maximum Gasteiger partial charge on any atom is 0.340 e. The van der Waals surface area contributed by atoms with E-state index in [2.05, 4.69) is 14.5 Å². The van der Waals surface area contributed by atoms with E-state index < -0.39 is 0 Å². The number of nitrogens with two attached hydrogens (primary N) is 1. The first kappa shape index (κ1) is 12.5. The van der Waals surface area contributed by atoms with Gasteiger partial charge in [0.2, 0.25) is 0 Å². The Morgan fingerprint density at radius 1 is 1.40 bits per heavy atom. The van der Waals surface area contributed by atoms with Crippen molar-refractivity contribution < 1.29 is 9.53 Å². The van der Waals surface area contributed by atoms with E-state index in [9.17, 15) is 4.79 Å². The monoisotopic (exact) mass is 272 g/mol. The Morgan fingerprint density at radius 2 is 2.25 bits per heavy atom. The summed E-state index contributed by atoms with van der Waals surface area (Å²) >= 11 is 0. The summed E-state index contributed by atoms with van der Waals surface area (Å²) in [5.74, 6) is 0.594. The number of hydrogen-bond donors (Lipinski definition) is 1. The van der Waals surface area contributed by atoms with E-state index in [4.69, 9.17) is 10.5 Å². The third kappa shape index (κ3) is 1.99. The van der Waals surface area contributed by atoms with Gasteiger partial charge in [0.25, 0.3) is 0 Å². The highest BCUT2D eigenvalue weighted by atomic mass is 16.5. The van der Waals surface area contributed by atoms with E-state index in [1.807, 2.05) is 6.20 Å². The van der Waals surface area contributed by atoms with Gasteiger partial charge in [-0.25, -0.2) is 9.78 Å². The summed E-state index contributed by atoms with van der Waals surface area (Å²) < 4.78 is 6.94. The molecule has 0 bridgehead atoms. The number of anilines is 2. The molecule has 0 saturated carbocycles. The van der Waals surface area contributed by atoms with Crippen LogP contribution in [-0.4, -0.2) is 29.2 Å². The summed E-state index contributed by atoms with van der Waals surface area (Å²) in [5, 5.41) is 0. The number of carbonyl (C=O) groups is 1. The SMILES string of the molecule is COC(=O)c1cccc(N)c1N1CCn2ccnc2C1. The Balaban J connectivity index is 2.00. The molecule has 1 aliphatic rings. The van der Waals surface area contributed by atoms with Crippen molar-refractivity contribution in [2.45, 2.75) is 13.1 Å². The molecule has 2 heterocycles. The maximum atomic E-state index is 11.9. The molecule has 0 saturated heterocycles. The van der Waals surface area contributed by atoms with Crippen LogP contribution in [0.1, 0.15) is 16.2 Å². The fourth-order valence-corrected chi connectivity index (χ4v) is 2.55. The average molecular weight is 272 g/mol. The van der Waals surface area contributed by atoms with Gasteiger partial charge in [0.1, 0.15) is 5.82 Å². The molecule has 0 unspecified atom stereocenters. The minimum atomic E-state index is -0.374. The number of nitrogens with zero attached hydrogens (tertiary/aromatic N) is 3. The van der Waals surface area contributed by atoms with Gasteiger partial charge in [-0.1, -0.05) is 6.07 Å². The minimum absolute atomic E-state index is 0.374. The van der Waals surface area contributed by atoms with Crippen LogP contribution in [0.5, 0.6) is 0 Å². The van der Waals surface area contributed by atoms with Gasteiger partial charge in [-0.05, 0) is 12.1 Å². The van der Waals surface area contributed by atoms with Crippen molar-refractivity contribution in [2.24, 2.45) is 0 Å². The third-order valence-corrected chi connectivity index (χ3v) is 3.53. The molecule has 1 aromatic carbocycles. The molecule has 3 rings (SSSR count). The number of benzene rings is 1. The molecule has 0 aliphatic carbocycles. The molecule has 0 radical (unpaired) electrons. The van der Waals surface area contributed by atoms with Crippen LogP contribution in [0.4, 0.5) is 11.4 Å². The van der Waals surface area contributed by atoms with Gasteiger partial charge < -0.3 is 19.9 Å². The summed E-state index contributed by atoms with van der Waals surface area (Å²) in [6.45, 7) is 2.23. The minimum Gasteiger partial charge on any atom is -0.465 e. The zero-order valence-corrected chi connectivity index (χ0v) is 11.2. The van der Waals surface area contributed by atoms with Crippen molar-refractivity contribution in [3.63, 3.8) is 0 Å². The lowest BCUT2D eigenvalue weighted by Crippen LogP contribution is -2.35. The van der Waals surface area contributed by atoms with E-state index in [0.29, 0.717) is 17.8 Å². The van der Waals surface area contributed by atoms with Crippen LogP contribution in [0.25, 0.3) is 0 Å². The smallest absolute Gasteiger partial charge is 0.340 e. The van der Waals surface area contributed by atoms with Crippen LogP contribution in [0, 0.1) is 0 Å². The predicted molar refractivity (Wildman–Crippen MR) is 75.5 cm³/mol. The summed E-state index contributed by atoms with van der Waals surface area (Å²) in [4.78, 5) is 18.3. The van der Waals surface area contributed by atoms with Gasteiger partial charge in [-0.3, -0.25) is 0 Å². The molecule has 2 N–H and O–H groups in total. The summed E-state index contributed by atoms with van der Waals surface area (Å²) in [6, 6.07) is 5.29. The first-order chi connectivity index (χ1) is 9.70. The Hall–Kier alpha value is -2.50. The molecule has 0 spiro atoms. The molecule has 20 heavy (non-hydrogen) atoms. The van der Waals surface area contributed by atoms with Crippen molar-refractivity contribution in [2.75, 3.05) is 24.3 Å². The van der Waals surface area contributed by atoms with Crippen LogP contribution >= 0.6 is 0 Å². The van der Waals surface area contributed by atoms with Crippen molar-refractivity contribution >= 4 is 17.3 Å². The summed E-state index contributed by atoms with van der Waals surface area (Å²) in [5.41, 5.74) is 7.86. The topological polar surface area (TPSA) is 73.4 Å². The largest absolute Gasteiger partial charge is 0.465 e. The molecule has 0 atom stereocenters. The molecule has 2 aromatic rings. The molecule has 6 heteroatoms. The van der Waals surface area contributed by atoms with Gasteiger partial charge >= 0.3 is 5.97 Å².